The van der Waals surface area contributed by atoms with Crippen LogP contribution in [0.25, 0.3) is 0 Å². The average molecular weight is 265 g/mol. The number of hydrogen-bond donors (Lipinski definition) is 1. The molecule has 1 fully saturated rings. The van der Waals surface area contributed by atoms with Crippen LogP contribution in [-0.2, 0) is 4.74 Å². The van der Waals surface area contributed by atoms with E-state index in [4.69, 9.17) is 9.47 Å². The van der Waals surface area contributed by atoms with Gasteiger partial charge < -0.3 is 14.8 Å². The average Bonchev–Trinajstić information content (AvgIpc) is 2.48. The van der Waals surface area contributed by atoms with Gasteiger partial charge >= 0.3 is 0 Å². The maximum atomic E-state index is 11.9. The summed E-state index contributed by atoms with van der Waals surface area (Å²) in [4.78, 5) is 18.2. The van der Waals surface area contributed by atoms with Gasteiger partial charge in [0.15, 0.2) is 0 Å². The maximum absolute atomic E-state index is 11.9. The van der Waals surface area contributed by atoms with E-state index in [-0.39, 0.29) is 5.91 Å². The van der Waals surface area contributed by atoms with Gasteiger partial charge in [0, 0.05) is 44.0 Å². The van der Waals surface area contributed by atoms with Crippen molar-refractivity contribution in [2.45, 2.75) is 0 Å². The summed E-state index contributed by atoms with van der Waals surface area (Å²) in [6.07, 6.45) is 1.57. The number of hydrogen-bond acceptors (Lipinski definition) is 5. The molecule has 1 aliphatic rings. The van der Waals surface area contributed by atoms with E-state index in [9.17, 15) is 4.79 Å². The summed E-state index contributed by atoms with van der Waals surface area (Å²) >= 11 is 0. The van der Waals surface area contributed by atoms with Crippen molar-refractivity contribution >= 4 is 5.91 Å². The van der Waals surface area contributed by atoms with Gasteiger partial charge in [-0.05, 0) is 6.07 Å². The lowest BCUT2D eigenvalue weighted by atomic mass is 10.2. The lowest BCUT2D eigenvalue weighted by Gasteiger charge is -2.26. The third-order valence-corrected chi connectivity index (χ3v) is 3.02. The van der Waals surface area contributed by atoms with Crippen LogP contribution in [-0.4, -0.2) is 62.3 Å². The fraction of sp³-hybridized carbons (Fsp3) is 0.538. The minimum absolute atomic E-state index is 0.103. The van der Waals surface area contributed by atoms with Crippen molar-refractivity contribution < 1.29 is 14.3 Å². The topological polar surface area (TPSA) is 63.7 Å². The summed E-state index contributed by atoms with van der Waals surface area (Å²) in [7, 11) is 1.53. The third-order valence-electron chi connectivity index (χ3n) is 3.02. The molecular formula is C13H19N3O3. The Bertz CT molecular complexity index is 419. The molecule has 0 saturated carbocycles. The van der Waals surface area contributed by atoms with E-state index in [1.165, 1.54) is 7.11 Å². The summed E-state index contributed by atoms with van der Waals surface area (Å²) in [5.74, 6) is 0.342. The van der Waals surface area contributed by atoms with E-state index in [2.05, 4.69) is 15.2 Å². The number of aromatic nitrogens is 1. The summed E-state index contributed by atoms with van der Waals surface area (Å²) < 4.78 is 10.3. The zero-order valence-corrected chi connectivity index (χ0v) is 11.1. The minimum atomic E-state index is -0.103. The SMILES string of the molecule is COc1cc(C(=O)NCCN2CCOCC2)ccn1. The van der Waals surface area contributed by atoms with Crippen LogP contribution in [0, 0.1) is 0 Å². The summed E-state index contributed by atoms with van der Waals surface area (Å²) in [5, 5.41) is 2.89. The van der Waals surface area contributed by atoms with Crippen LogP contribution in [0.15, 0.2) is 18.3 Å². The minimum Gasteiger partial charge on any atom is -0.481 e. The molecule has 6 heteroatoms. The van der Waals surface area contributed by atoms with Crippen LogP contribution in [0.3, 0.4) is 0 Å². The fourth-order valence-corrected chi connectivity index (χ4v) is 1.92. The van der Waals surface area contributed by atoms with E-state index in [0.29, 0.717) is 18.0 Å². The molecule has 1 aromatic heterocycles. The van der Waals surface area contributed by atoms with Crippen molar-refractivity contribution in [3.05, 3.63) is 23.9 Å². The summed E-state index contributed by atoms with van der Waals surface area (Å²) in [6, 6.07) is 3.30. The van der Waals surface area contributed by atoms with E-state index in [0.717, 1.165) is 32.8 Å². The zero-order chi connectivity index (χ0) is 13.5. The van der Waals surface area contributed by atoms with Crippen molar-refractivity contribution in [3.8, 4) is 5.88 Å². The second kappa shape index (κ2) is 7.06. The molecule has 6 nitrogen and oxygen atoms in total. The highest BCUT2D eigenvalue weighted by molar-refractivity contribution is 5.94. The first kappa shape index (κ1) is 13.8. The summed E-state index contributed by atoms with van der Waals surface area (Å²) in [6.45, 7) is 4.88. The molecular weight excluding hydrogens is 246 g/mol. The van der Waals surface area contributed by atoms with Crippen molar-refractivity contribution in [1.29, 1.82) is 0 Å². The molecule has 0 spiro atoms. The molecule has 0 unspecified atom stereocenters. The number of nitrogens with zero attached hydrogens (tertiary/aromatic N) is 2. The van der Waals surface area contributed by atoms with Crippen LogP contribution < -0.4 is 10.1 Å². The first-order valence-corrected chi connectivity index (χ1v) is 6.38. The molecule has 1 aliphatic heterocycles. The van der Waals surface area contributed by atoms with Gasteiger partial charge in [0.05, 0.1) is 20.3 Å². The number of carbonyl (C=O) groups excluding carboxylic acids is 1. The number of pyridine rings is 1. The zero-order valence-electron chi connectivity index (χ0n) is 11.1. The molecule has 0 bridgehead atoms. The Balaban J connectivity index is 1.77. The number of methoxy groups -OCH3 is 1. The molecule has 1 amide bonds. The van der Waals surface area contributed by atoms with Gasteiger partial charge in [-0.1, -0.05) is 0 Å². The molecule has 19 heavy (non-hydrogen) atoms. The molecule has 2 heterocycles. The van der Waals surface area contributed by atoms with Gasteiger partial charge in [-0.15, -0.1) is 0 Å². The molecule has 1 saturated heterocycles. The van der Waals surface area contributed by atoms with Crippen LogP contribution in [0.4, 0.5) is 0 Å². The van der Waals surface area contributed by atoms with Crippen molar-refractivity contribution in [2.75, 3.05) is 46.5 Å². The Labute approximate surface area is 112 Å². The molecule has 0 aromatic carbocycles. The second-order valence-corrected chi connectivity index (χ2v) is 4.30. The Morgan fingerprint density at radius 1 is 1.53 bits per heavy atom. The molecule has 104 valence electrons. The first-order chi connectivity index (χ1) is 9.29. The Morgan fingerprint density at radius 3 is 3.05 bits per heavy atom. The predicted molar refractivity (Wildman–Crippen MR) is 70.4 cm³/mol. The number of morpholine rings is 1. The largest absolute Gasteiger partial charge is 0.481 e. The van der Waals surface area contributed by atoms with E-state index < -0.39 is 0 Å². The van der Waals surface area contributed by atoms with Crippen molar-refractivity contribution in [1.82, 2.24) is 15.2 Å². The Kier molecular flexibility index (Phi) is 5.11. The first-order valence-electron chi connectivity index (χ1n) is 6.38. The number of nitrogens with one attached hydrogen (secondary N) is 1. The maximum Gasteiger partial charge on any atom is 0.251 e. The van der Waals surface area contributed by atoms with E-state index >= 15 is 0 Å². The molecule has 1 N–H and O–H groups in total. The lowest BCUT2D eigenvalue weighted by molar-refractivity contribution is 0.0383. The van der Waals surface area contributed by atoms with Gasteiger partial charge in [-0.2, -0.15) is 0 Å². The Hall–Kier alpha value is -1.66. The van der Waals surface area contributed by atoms with Crippen LogP contribution in [0.5, 0.6) is 5.88 Å². The van der Waals surface area contributed by atoms with Crippen LogP contribution >= 0.6 is 0 Å². The highest BCUT2D eigenvalue weighted by atomic mass is 16.5. The highest BCUT2D eigenvalue weighted by Gasteiger charge is 2.11. The molecule has 0 atom stereocenters. The number of ether oxygens (including phenoxy) is 2. The number of amides is 1. The van der Waals surface area contributed by atoms with Crippen molar-refractivity contribution in [2.24, 2.45) is 0 Å². The highest BCUT2D eigenvalue weighted by Crippen LogP contribution is 2.08. The van der Waals surface area contributed by atoms with Gasteiger partial charge in [-0.25, -0.2) is 4.98 Å². The molecule has 0 aliphatic carbocycles. The van der Waals surface area contributed by atoms with Gasteiger partial charge in [-0.3, -0.25) is 9.69 Å². The molecule has 1 aromatic rings. The van der Waals surface area contributed by atoms with Gasteiger partial charge in [0.2, 0.25) is 5.88 Å². The van der Waals surface area contributed by atoms with Crippen LogP contribution in [0.1, 0.15) is 10.4 Å². The second-order valence-electron chi connectivity index (χ2n) is 4.30. The van der Waals surface area contributed by atoms with Gasteiger partial charge in [0.25, 0.3) is 5.91 Å². The standard InChI is InChI=1S/C13H19N3O3/c1-18-12-10-11(2-3-14-12)13(17)15-4-5-16-6-8-19-9-7-16/h2-3,10H,4-9H2,1H3,(H,15,17). The smallest absolute Gasteiger partial charge is 0.251 e. The monoisotopic (exact) mass is 265 g/mol. The molecule has 2 rings (SSSR count). The third kappa shape index (κ3) is 4.18. The quantitative estimate of drug-likeness (QED) is 0.821. The van der Waals surface area contributed by atoms with Gasteiger partial charge in [0.1, 0.15) is 0 Å². The van der Waals surface area contributed by atoms with E-state index in [1.54, 1.807) is 18.3 Å². The van der Waals surface area contributed by atoms with Crippen LogP contribution in [0.2, 0.25) is 0 Å². The fourth-order valence-electron chi connectivity index (χ4n) is 1.92. The number of carbonyl (C=O) groups is 1. The van der Waals surface area contributed by atoms with Crippen molar-refractivity contribution in [3.63, 3.8) is 0 Å². The Morgan fingerprint density at radius 2 is 2.32 bits per heavy atom. The van der Waals surface area contributed by atoms with E-state index in [1.807, 2.05) is 0 Å². The summed E-state index contributed by atoms with van der Waals surface area (Å²) in [5.41, 5.74) is 0.564. The lowest BCUT2D eigenvalue weighted by Crippen LogP contribution is -2.41. The predicted octanol–water partition coefficient (Wildman–Crippen LogP) is 0.152. The molecule has 0 radical (unpaired) electrons. The number of rotatable bonds is 5. The normalized spacial score (nSPS) is 16.1.